The van der Waals surface area contributed by atoms with Gasteiger partial charge in [0.15, 0.2) is 17.2 Å². The van der Waals surface area contributed by atoms with Crippen LogP contribution in [0.5, 0.6) is 17.2 Å². The van der Waals surface area contributed by atoms with Crippen molar-refractivity contribution in [2.75, 3.05) is 33.5 Å². The molecule has 2 unspecified atom stereocenters. The monoisotopic (exact) mass is 669 g/mol. The molecule has 46 heavy (non-hydrogen) atoms. The number of nitrogens with one attached hydrogen (secondary N) is 2. The van der Waals surface area contributed by atoms with E-state index in [0.717, 1.165) is 18.2 Å². The van der Waals surface area contributed by atoms with Gasteiger partial charge in [-0.05, 0) is 67.2 Å². The predicted molar refractivity (Wildman–Crippen MR) is 158 cm³/mol. The topological polar surface area (TPSA) is 128 Å². The summed E-state index contributed by atoms with van der Waals surface area (Å²) in [5.74, 6) is -1.87. The number of rotatable bonds is 12. The van der Waals surface area contributed by atoms with Crippen molar-refractivity contribution in [2.24, 2.45) is 5.92 Å². The van der Waals surface area contributed by atoms with E-state index in [2.05, 4.69) is 15.1 Å². The minimum Gasteiger partial charge on any atom is -0.493 e. The molecule has 0 bridgehead atoms. The fourth-order valence-corrected chi connectivity index (χ4v) is 4.67. The van der Waals surface area contributed by atoms with Crippen LogP contribution in [0.2, 0.25) is 0 Å². The molecule has 4 rings (SSSR count). The van der Waals surface area contributed by atoms with Gasteiger partial charge in [0.05, 0.1) is 30.8 Å². The molecule has 15 heteroatoms. The second-order valence-electron chi connectivity index (χ2n) is 11.0. The lowest BCUT2D eigenvalue weighted by atomic mass is 9.89. The Labute approximate surface area is 267 Å². The number of aromatic nitrogens is 1. The van der Waals surface area contributed by atoms with Crippen molar-refractivity contribution in [3.63, 3.8) is 0 Å². The molecule has 0 fully saturated rings. The zero-order valence-electron chi connectivity index (χ0n) is 25.3. The van der Waals surface area contributed by atoms with Crippen molar-refractivity contribution in [2.45, 2.75) is 38.1 Å². The maximum atomic E-state index is 14.6. The van der Waals surface area contributed by atoms with E-state index in [1.54, 1.807) is 20.8 Å². The summed E-state index contributed by atoms with van der Waals surface area (Å²) in [6.45, 7) is 3.50. The molecule has 1 aromatic heterocycles. The van der Waals surface area contributed by atoms with E-state index in [0.29, 0.717) is 0 Å². The molecule has 1 amide bonds. The van der Waals surface area contributed by atoms with E-state index in [1.807, 2.05) is 0 Å². The predicted octanol–water partition coefficient (Wildman–Crippen LogP) is 5.01. The largest absolute Gasteiger partial charge is 0.493 e. The van der Waals surface area contributed by atoms with Crippen molar-refractivity contribution in [3.8, 4) is 28.5 Å². The number of ether oxygens (including phenoxy) is 4. The first-order valence-corrected chi connectivity index (χ1v) is 14.4. The lowest BCUT2D eigenvalue weighted by molar-refractivity contribution is -0.265. The standard InChI is InChI=1S/C31H32ClF4N3O7/c1-17(2)28(41)45-12-11-44-22-10-7-19(13-23(22)43-4)27(40)37-15-30(42,31(34,35)36)24-14-21-26(46-16-29(21,3)39-32)25(38-24)18-5-8-20(33)9-6-18/h5-10,13-14,17,39,42H,11-12,15-16H2,1-4H3,(H,37,40). The summed E-state index contributed by atoms with van der Waals surface area (Å²) in [6, 6.07) is 9.73. The Hall–Kier alpha value is -4.14. The second-order valence-corrected chi connectivity index (χ2v) is 11.2. The Morgan fingerprint density at radius 2 is 1.80 bits per heavy atom. The molecule has 1 aliphatic heterocycles. The van der Waals surface area contributed by atoms with Crippen molar-refractivity contribution in [1.29, 1.82) is 0 Å². The Balaban J connectivity index is 1.61. The zero-order valence-corrected chi connectivity index (χ0v) is 26.0. The van der Waals surface area contributed by atoms with Gasteiger partial charge < -0.3 is 29.4 Å². The van der Waals surface area contributed by atoms with Crippen molar-refractivity contribution < 1.29 is 51.2 Å². The van der Waals surface area contributed by atoms with Crippen LogP contribution in [0.15, 0.2) is 48.5 Å². The summed E-state index contributed by atoms with van der Waals surface area (Å²) in [4.78, 5) is 31.3. The fraction of sp³-hybridized carbons (Fsp3) is 0.387. The highest BCUT2D eigenvalue weighted by Gasteiger charge is 2.57. The highest BCUT2D eigenvalue weighted by molar-refractivity contribution is 6.14. The number of amides is 1. The van der Waals surface area contributed by atoms with E-state index >= 15 is 0 Å². The number of carbonyl (C=O) groups is 2. The summed E-state index contributed by atoms with van der Waals surface area (Å²) in [5, 5.41) is 13.3. The number of pyridine rings is 1. The third-order valence-electron chi connectivity index (χ3n) is 7.28. The Kier molecular flexibility index (Phi) is 10.3. The molecule has 2 atom stereocenters. The molecule has 2 aromatic carbocycles. The maximum Gasteiger partial charge on any atom is 0.424 e. The molecule has 0 radical (unpaired) electrons. The van der Waals surface area contributed by atoms with Crippen LogP contribution >= 0.6 is 11.8 Å². The average molecular weight is 670 g/mol. The van der Waals surface area contributed by atoms with Gasteiger partial charge in [-0.1, -0.05) is 13.8 Å². The minimum atomic E-state index is -5.32. The molecule has 3 N–H and O–H groups in total. The van der Waals surface area contributed by atoms with Gasteiger partial charge >= 0.3 is 12.1 Å². The highest BCUT2D eigenvalue weighted by Crippen LogP contribution is 2.47. The number of benzene rings is 2. The summed E-state index contributed by atoms with van der Waals surface area (Å²) < 4.78 is 79.1. The van der Waals surface area contributed by atoms with Crippen LogP contribution in [-0.2, 0) is 20.7 Å². The third kappa shape index (κ3) is 7.13. The van der Waals surface area contributed by atoms with Gasteiger partial charge in [-0.25, -0.2) is 14.2 Å². The van der Waals surface area contributed by atoms with Gasteiger partial charge in [-0.15, -0.1) is 0 Å². The van der Waals surface area contributed by atoms with E-state index in [1.165, 1.54) is 37.4 Å². The molecule has 0 saturated carbocycles. The number of hydrogen-bond donors (Lipinski definition) is 3. The Bertz CT molecular complexity index is 1590. The van der Waals surface area contributed by atoms with Gasteiger partial charge in [0.1, 0.15) is 31.3 Å². The lowest BCUT2D eigenvalue weighted by Gasteiger charge is -2.31. The number of aliphatic hydroxyl groups is 1. The van der Waals surface area contributed by atoms with E-state index < -0.39 is 47.2 Å². The normalized spacial score (nSPS) is 17.1. The number of methoxy groups -OCH3 is 1. The van der Waals surface area contributed by atoms with Gasteiger partial charge in [-0.2, -0.15) is 13.2 Å². The van der Waals surface area contributed by atoms with Crippen LogP contribution < -0.4 is 24.4 Å². The lowest BCUT2D eigenvalue weighted by Crippen LogP contribution is -2.51. The average Bonchev–Trinajstić information content (AvgIpc) is 3.37. The van der Waals surface area contributed by atoms with Crippen molar-refractivity contribution in [1.82, 2.24) is 15.1 Å². The van der Waals surface area contributed by atoms with Gasteiger partial charge in [0.25, 0.3) is 5.91 Å². The zero-order chi connectivity index (χ0) is 33.9. The molecule has 0 spiro atoms. The van der Waals surface area contributed by atoms with Crippen molar-refractivity contribution in [3.05, 3.63) is 71.2 Å². The summed E-state index contributed by atoms with van der Waals surface area (Å²) >= 11 is 5.94. The van der Waals surface area contributed by atoms with Crippen molar-refractivity contribution >= 4 is 23.7 Å². The van der Waals surface area contributed by atoms with Crippen LogP contribution in [0.1, 0.15) is 42.4 Å². The van der Waals surface area contributed by atoms with Crippen LogP contribution in [0.4, 0.5) is 17.6 Å². The number of fused-ring (bicyclic) bond motifs is 1. The number of esters is 1. The molecular formula is C31H32ClF4N3O7. The Morgan fingerprint density at radius 1 is 1.11 bits per heavy atom. The molecule has 3 aromatic rings. The number of nitrogens with zero attached hydrogens (tertiary/aromatic N) is 1. The molecular weight excluding hydrogens is 638 g/mol. The number of halogens is 5. The first-order chi connectivity index (χ1) is 21.6. The summed E-state index contributed by atoms with van der Waals surface area (Å²) in [7, 11) is 1.30. The van der Waals surface area contributed by atoms with Crippen LogP contribution in [0.3, 0.4) is 0 Å². The smallest absolute Gasteiger partial charge is 0.424 e. The number of carbonyl (C=O) groups excluding carboxylic acids is 2. The summed E-state index contributed by atoms with van der Waals surface area (Å²) in [6.07, 6.45) is -5.32. The SMILES string of the molecule is COc1cc(C(=O)NCC(O)(c2cc3c(c(-c4ccc(F)cc4)n2)OCC3(C)NCl)C(F)(F)F)ccc1OCCOC(=O)C(C)C. The molecule has 0 saturated heterocycles. The molecule has 10 nitrogen and oxygen atoms in total. The number of hydrogen-bond acceptors (Lipinski definition) is 9. The fourth-order valence-electron chi connectivity index (χ4n) is 4.51. The minimum absolute atomic E-state index is 0.0179. The van der Waals surface area contributed by atoms with E-state index in [-0.39, 0.29) is 65.4 Å². The second kappa shape index (κ2) is 13.7. The third-order valence-corrected chi connectivity index (χ3v) is 7.70. The molecule has 248 valence electrons. The van der Waals surface area contributed by atoms with Crippen LogP contribution in [0, 0.1) is 11.7 Å². The molecule has 2 heterocycles. The van der Waals surface area contributed by atoms with E-state index in [9.17, 15) is 32.3 Å². The van der Waals surface area contributed by atoms with Gasteiger partial charge in [0, 0.05) is 16.7 Å². The van der Waals surface area contributed by atoms with Gasteiger partial charge in [0.2, 0.25) is 5.60 Å². The maximum absolute atomic E-state index is 14.6. The number of alkyl halides is 3. The molecule has 1 aliphatic rings. The van der Waals surface area contributed by atoms with E-state index in [4.69, 9.17) is 30.7 Å². The highest BCUT2D eigenvalue weighted by atomic mass is 35.5. The Morgan fingerprint density at radius 3 is 2.41 bits per heavy atom. The van der Waals surface area contributed by atoms with Gasteiger partial charge in [-0.3, -0.25) is 9.59 Å². The summed E-state index contributed by atoms with van der Waals surface area (Å²) in [5.41, 5.74) is -5.49. The molecule has 0 aliphatic carbocycles. The quantitative estimate of drug-likeness (QED) is 0.106. The van der Waals surface area contributed by atoms with Crippen LogP contribution in [0.25, 0.3) is 11.3 Å². The first kappa shape index (κ1) is 34.7. The first-order valence-electron chi connectivity index (χ1n) is 14.0. The van der Waals surface area contributed by atoms with Crippen LogP contribution in [-0.4, -0.2) is 61.6 Å².